The standard InChI is InChI=1S/C9H12N2OS/c1-8(2)5-9(8,6-12)3-7-4-10-13-11-7/h4,6H,3,5H2,1-2H3. The van der Waals surface area contributed by atoms with E-state index in [1.807, 2.05) is 0 Å². The number of carbonyl (C=O) groups is 1. The smallest absolute Gasteiger partial charge is 0.127 e. The summed E-state index contributed by atoms with van der Waals surface area (Å²) in [6.07, 6.45) is 4.57. The Kier molecular flexibility index (Phi) is 1.77. The summed E-state index contributed by atoms with van der Waals surface area (Å²) in [7, 11) is 0. The molecule has 1 aliphatic carbocycles. The Bertz CT molecular complexity index is 320. The molecule has 1 aliphatic rings. The fraction of sp³-hybridized carbons (Fsp3) is 0.667. The highest BCUT2D eigenvalue weighted by Gasteiger charge is 2.61. The van der Waals surface area contributed by atoms with Crippen LogP contribution in [-0.2, 0) is 11.2 Å². The summed E-state index contributed by atoms with van der Waals surface area (Å²) in [4.78, 5) is 11.0. The van der Waals surface area contributed by atoms with Gasteiger partial charge in [-0.3, -0.25) is 0 Å². The second-order valence-corrected chi connectivity index (χ2v) is 4.97. The summed E-state index contributed by atoms with van der Waals surface area (Å²) in [5.74, 6) is 0. The molecule has 70 valence electrons. The number of carbonyl (C=O) groups excluding carboxylic acids is 1. The van der Waals surface area contributed by atoms with Crippen molar-refractivity contribution in [3.8, 4) is 0 Å². The maximum atomic E-state index is 11.0. The van der Waals surface area contributed by atoms with Crippen LogP contribution < -0.4 is 0 Å². The van der Waals surface area contributed by atoms with Crippen LogP contribution in [0, 0.1) is 10.8 Å². The molecule has 0 aliphatic heterocycles. The van der Waals surface area contributed by atoms with Gasteiger partial charge in [0.15, 0.2) is 0 Å². The van der Waals surface area contributed by atoms with Crippen molar-refractivity contribution in [3.63, 3.8) is 0 Å². The van der Waals surface area contributed by atoms with E-state index in [2.05, 4.69) is 22.6 Å². The molecule has 1 atom stereocenters. The van der Waals surface area contributed by atoms with Crippen LogP contribution >= 0.6 is 11.7 Å². The minimum atomic E-state index is -0.164. The van der Waals surface area contributed by atoms with Gasteiger partial charge < -0.3 is 4.79 Å². The van der Waals surface area contributed by atoms with Crippen LogP contribution in [0.5, 0.6) is 0 Å². The largest absolute Gasteiger partial charge is 0.303 e. The van der Waals surface area contributed by atoms with Gasteiger partial charge in [-0.25, -0.2) is 0 Å². The summed E-state index contributed by atoms with van der Waals surface area (Å²) in [6, 6.07) is 0. The van der Waals surface area contributed by atoms with Crippen molar-refractivity contribution in [2.24, 2.45) is 10.8 Å². The van der Waals surface area contributed by atoms with Crippen molar-refractivity contribution in [2.75, 3.05) is 0 Å². The second-order valence-electron chi connectivity index (χ2n) is 4.41. The molecule has 13 heavy (non-hydrogen) atoms. The predicted octanol–water partition coefficient (Wildman–Crippen LogP) is 1.70. The van der Waals surface area contributed by atoms with Crippen molar-refractivity contribution in [2.45, 2.75) is 26.7 Å². The zero-order valence-corrected chi connectivity index (χ0v) is 8.60. The Balaban J connectivity index is 2.14. The first kappa shape index (κ1) is 8.81. The van der Waals surface area contributed by atoms with E-state index in [4.69, 9.17) is 0 Å². The maximum absolute atomic E-state index is 11.0. The van der Waals surface area contributed by atoms with Crippen molar-refractivity contribution in [3.05, 3.63) is 11.9 Å². The molecule has 0 saturated heterocycles. The van der Waals surface area contributed by atoms with Crippen LogP contribution in [0.4, 0.5) is 0 Å². The van der Waals surface area contributed by atoms with Gasteiger partial charge in [-0.05, 0) is 11.8 Å². The van der Waals surface area contributed by atoms with Gasteiger partial charge in [0.25, 0.3) is 0 Å². The van der Waals surface area contributed by atoms with E-state index in [1.165, 1.54) is 11.7 Å². The first-order chi connectivity index (χ1) is 6.10. The Labute approximate surface area is 81.5 Å². The van der Waals surface area contributed by atoms with E-state index in [9.17, 15) is 4.79 Å². The zero-order chi connectivity index (χ0) is 9.53. The van der Waals surface area contributed by atoms with Crippen molar-refractivity contribution < 1.29 is 4.79 Å². The van der Waals surface area contributed by atoms with Gasteiger partial charge in [-0.15, -0.1) is 0 Å². The third kappa shape index (κ3) is 1.29. The van der Waals surface area contributed by atoms with E-state index in [0.717, 1.165) is 24.8 Å². The van der Waals surface area contributed by atoms with Crippen molar-refractivity contribution >= 4 is 18.0 Å². The molecule has 1 unspecified atom stereocenters. The third-order valence-corrected chi connectivity index (χ3v) is 3.63. The molecular weight excluding hydrogens is 184 g/mol. The number of hydrogen-bond acceptors (Lipinski definition) is 4. The Morgan fingerprint density at radius 2 is 2.38 bits per heavy atom. The number of rotatable bonds is 3. The van der Waals surface area contributed by atoms with Crippen LogP contribution in [0.25, 0.3) is 0 Å². The zero-order valence-electron chi connectivity index (χ0n) is 7.78. The number of aldehydes is 1. The highest BCUT2D eigenvalue weighted by atomic mass is 32.1. The molecule has 0 spiro atoms. The average molecular weight is 196 g/mol. The van der Waals surface area contributed by atoms with Gasteiger partial charge in [0, 0.05) is 11.8 Å². The lowest BCUT2D eigenvalue weighted by atomic mass is 9.93. The fourth-order valence-electron chi connectivity index (χ4n) is 1.87. The molecule has 1 aromatic heterocycles. The maximum Gasteiger partial charge on any atom is 0.127 e. The van der Waals surface area contributed by atoms with Crippen LogP contribution in [0.1, 0.15) is 26.0 Å². The highest BCUT2D eigenvalue weighted by molar-refractivity contribution is 6.99. The van der Waals surface area contributed by atoms with E-state index >= 15 is 0 Å². The summed E-state index contributed by atoms with van der Waals surface area (Å²) < 4.78 is 8.06. The van der Waals surface area contributed by atoms with Crippen LogP contribution in [-0.4, -0.2) is 15.0 Å². The molecule has 0 bridgehead atoms. The number of hydrogen-bond donors (Lipinski definition) is 0. The lowest BCUT2D eigenvalue weighted by Gasteiger charge is -2.10. The topological polar surface area (TPSA) is 42.9 Å². The minimum Gasteiger partial charge on any atom is -0.303 e. The predicted molar refractivity (Wildman–Crippen MR) is 50.5 cm³/mol. The van der Waals surface area contributed by atoms with Crippen LogP contribution in [0.2, 0.25) is 0 Å². The highest BCUT2D eigenvalue weighted by Crippen LogP contribution is 2.63. The first-order valence-electron chi connectivity index (χ1n) is 4.32. The van der Waals surface area contributed by atoms with Gasteiger partial charge in [0.05, 0.1) is 23.6 Å². The van der Waals surface area contributed by atoms with Crippen molar-refractivity contribution in [1.29, 1.82) is 0 Å². The third-order valence-electron chi connectivity index (χ3n) is 3.11. The Morgan fingerprint density at radius 3 is 2.77 bits per heavy atom. The quantitative estimate of drug-likeness (QED) is 0.691. The van der Waals surface area contributed by atoms with Gasteiger partial charge >= 0.3 is 0 Å². The molecule has 1 aromatic rings. The normalized spacial score (nSPS) is 30.0. The van der Waals surface area contributed by atoms with Gasteiger partial charge in [-0.1, -0.05) is 13.8 Å². The first-order valence-corrected chi connectivity index (χ1v) is 5.05. The van der Waals surface area contributed by atoms with E-state index in [-0.39, 0.29) is 10.8 Å². The summed E-state index contributed by atoms with van der Waals surface area (Å²) in [6.45, 7) is 4.25. The van der Waals surface area contributed by atoms with Gasteiger partial charge in [0.2, 0.25) is 0 Å². The van der Waals surface area contributed by atoms with E-state index in [0.29, 0.717) is 0 Å². The second kappa shape index (κ2) is 2.61. The molecule has 0 aromatic carbocycles. The van der Waals surface area contributed by atoms with Gasteiger partial charge in [-0.2, -0.15) is 8.75 Å². The molecule has 4 heteroatoms. The minimum absolute atomic E-state index is 0.151. The molecule has 1 fully saturated rings. The monoisotopic (exact) mass is 196 g/mol. The Hall–Kier alpha value is -0.770. The molecule has 2 rings (SSSR count). The molecule has 1 heterocycles. The van der Waals surface area contributed by atoms with E-state index in [1.54, 1.807) is 6.20 Å². The number of aromatic nitrogens is 2. The average Bonchev–Trinajstić information content (AvgIpc) is 2.52. The molecule has 3 nitrogen and oxygen atoms in total. The van der Waals surface area contributed by atoms with Crippen molar-refractivity contribution in [1.82, 2.24) is 8.75 Å². The number of nitrogens with zero attached hydrogens (tertiary/aromatic N) is 2. The summed E-state index contributed by atoms with van der Waals surface area (Å²) in [5.41, 5.74) is 0.934. The lowest BCUT2D eigenvalue weighted by Crippen LogP contribution is -2.14. The molecule has 1 saturated carbocycles. The van der Waals surface area contributed by atoms with Gasteiger partial charge in [0.1, 0.15) is 6.29 Å². The Morgan fingerprint density at radius 1 is 1.69 bits per heavy atom. The lowest BCUT2D eigenvalue weighted by molar-refractivity contribution is -0.113. The van der Waals surface area contributed by atoms with E-state index < -0.39 is 0 Å². The molecular formula is C9H12N2OS. The SMILES string of the molecule is CC1(C)CC1(C=O)Cc1cnsn1. The summed E-state index contributed by atoms with van der Waals surface area (Å²) >= 11 is 1.20. The molecule has 0 radical (unpaired) electrons. The molecule has 0 N–H and O–H groups in total. The van der Waals surface area contributed by atoms with Crippen LogP contribution in [0.15, 0.2) is 6.20 Å². The summed E-state index contributed by atoms with van der Waals surface area (Å²) in [5, 5.41) is 0. The van der Waals surface area contributed by atoms with Crippen LogP contribution in [0.3, 0.4) is 0 Å². The molecule has 0 amide bonds. The fourth-order valence-corrected chi connectivity index (χ4v) is 2.31.